The molecule has 0 heterocycles. The molecule has 1 aromatic rings. The van der Waals surface area contributed by atoms with Crippen molar-refractivity contribution in [2.75, 3.05) is 13.1 Å². The fourth-order valence-electron chi connectivity index (χ4n) is 3.03. The Kier molecular flexibility index (Phi) is 5.41. The maximum Gasteiger partial charge on any atom is 0.254 e. The number of aryl methyl sites for hydroxylation is 1. The van der Waals surface area contributed by atoms with E-state index < -0.39 is 0 Å². The van der Waals surface area contributed by atoms with Crippen LogP contribution >= 0.6 is 0 Å². The van der Waals surface area contributed by atoms with Crippen LogP contribution in [0.4, 0.5) is 0 Å². The highest BCUT2D eigenvalue weighted by Gasteiger charge is 2.26. The van der Waals surface area contributed by atoms with E-state index >= 15 is 0 Å². The van der Waals surface area contributed by atoms with Gasteiger partial charge >= 0.3 is 0 Å². The van der Waals surface area contributed by atoms with Crippen molar-refractivity contribution < 1.29 is 4.79 Å². The lowest BCUT2D eigenvalue weighted by atomic mass is 10.0. The molecule has 3 heteroatoms. The van der Waals surface area contributed by atoms with Gasteiger partial charge in [0.2, 0.25) is 0 Å². The van der Waals surface area contributed by atoms with Gasteiger partial charge in [-0.15, -0.1) is 0 Å². The number of rotatable bonds is 3. The molecule has 1 fully saturated rings. The molecule has 0 aromatic heterocycles. The summed E-state index contributed by atoms with van der Waals surface area (Å²) in [4.78, 5) is 14.7. The van der Waals surface area contributed by atoms with E-state index in [1.54, 1.807) is 0 Å². The second kappa shape index (κ2) is 7.28. The first-order valence-electron chi connectivity index (χ1n) is 7.78. The van der Waals surface area contributed by atoms with E-state index in [2.05, 4.69) is 18.8 Å². The van der Waals surface area contributed by atoms with Crippen LogP contribution in [0.15, 0.2) is 18.2 Å². The first-order chi connectivity index (χ1) is 10.2. The molecule has 2 rings (SSSR count). The molecule has 3 nitrogen and oxygen atoms in total. The molecule has 0 bridgehead atoms. The zero-order chi connectivity index (χ0) is 15.2. The Hall–Kier alpha value is -1.79. The van der Waals surface area contributed by atoms with Crippen LogP contribution < -0.4 is 5.73 Å². The van der Waals surface area contributed by atoms with E-state index in [-0.39, 0.29) is 5.91 Å². The SMILES string of the molecule is CCN(C(=O)c1ccc(C#CCN)c(C)c1)C1CCCC1. The lowest BCUT2D eigenvalue weighted by Gasteiger charge is -2.28. The fraction of sp³-hybridized carbons (Fsp3) is 0.500. The largest absolute Gasteiger partial charge is 0.336 e. The zero-order valence-electron chi connectivity index (χ0n) is 13.0. The molecule has 0 atom stereocenters. The van der Waals surface area contributed by atoms with Crippen LogP contribution in [0, 0.1) is 18.8 Å². The topological polar surface area (TPSA) is 46.3 Å². The molecule has 21 heavy (non-hydrogen) atoms. The fourth-order valence-corrected chi connectivity index (χ4v) is 3.03. The summed E-state index contributed by atoms with van der Waals surface area (Å²) < 4.78 is 0. The standard InChI is InChI=1S/C18H24N2O/c1-3-20(17-8-4-5-9-17)18(21)16-11-10-15(7-6-12-19)14(2)13-16/h10-11,13,17H,3-5,8-9,12,19H2,1-2H3. The third-order valence-corrected chi connectivity index (χ3v) is 4.17. The average Bonchev–Trinajstić information content (AvgIpc) is 3.00. The Morgan fingerprint density at radius 2 is 2.10 bits per heavy atom. The number of hydrogen-bond acceptors (Lipinski definition) is 2. The van der Waals surface area contributed by atoms with Gasteiger partial charge in [-0.05, 0) is 50.5 Å². The van der Waals surface area contributed by atoms with E-state index in [1.165, 1.54) is 12.8 Å². The number of nitrogens with two attached hydrogens (primary N) is 1. The third kappa shape index (κ3) is 3.65. The Bertz CT molecular complexity index is 562. The van der Waals surface area contributed by atoms with Gasteiger partial charge in [0, 0.05) is 23.7 Å². The molecule has 2 N–H and O–H groups in total. The van der Waals surface area contributed by atoms with Gasteiger partial charge in [-0.2, -0.15) is 0 Å². The van der Waals surface area contributed by atoms with E-state index in [1.807, 2.05) is 30.0 Å². The number of carbonyl (C=O) groups is 1. The summed E-state index contributed by atoms with van der Waals surface area (Å²) in [6.45, 7) is 5.18. The minimum absolute atomic E-state index is 0.144. The van der Waals surface area contributed by atoms with Gasteiger partial charge in [-0.3, -0.25) is 4.79 Å². The maximum absolute atomic E-state index is 12.7. The van der Waals surface area contributed by atoms with E-state index in [0.717, 1.165) is 36.1 Å². The van der Waals surface area contributed by atoms with Crippen LogP contribution in [0.2, 0.25) is 0 Å². The van der Waals surface area contributed by atoms with Crippen molar-refractivity contribution in [2.24, 2.45) is 5.73 Å². The van der Waals surface area contributed by atoms with Crippen molar-refractivity contribution in [3.8, 4) is 11.8 Å². The second-order valence-corrected chi connectivity index (χ2v) is 5.57. The summed E-state index contributed by atoms with van der Waals surface area (Å²) in [6.07, 6.45) is 4.75. The summed E-state index contributed by atoms with van der Waals surface area (Å²) in [5.41, 5.74) is 8.14. The van der Waals surface area contributed by atoms with Gasteiger partial charge in [0.15, 0.2) is 0 Å². The van der Waals surface area contributed by atoms with Crippen LogP contribution in [0.25, 0.3) is 0 Å². The maximum atomic E-state index is 12.7. The molecule has 1 aliphatic rings. The highest BCUT2D eigenvalue weighted by atomic mass is 16.2. The minimum Gasteiger partial charge on any atom is -0.336 e. The second-order valence-electron chi connectivity index (χ2n) is 5.57. The quantitative estimate of drug-likeness (QED) is 0.868. The van der Waals surface area contributed by atoms with Crippen molar-refractivity contribution in [1.82, 2.24) is 4.90 Å². The summed E-state index contributed by atoms with van der Waals surface area (Å²) in [7, 11) is 0. The van der Waals surface area contributed by atoms with Crippen LogP contribution in [-0.2, 0) is 0 Å². The molecule has 0 spiro atoms. The highest BCUT2D eigenvalue weighted by Crippen LogP contribution is 2.25. The first kappa shape index (κ1) is 15.6. The predicted molar refractivity (Wildman–Crippen MR) is 86.1 cm³/mol. The van der Waals surface area contributed by atoms with Gasteiger partial charge in [-0.1, -0.05) is 24.7 Å². The third-order valence-electron chi connectivity index (χ3n) is 4.17. The number of carbonyl (C=O) groups excluding carboxylic acids is 1. The van der Waals surface area contributed by atoms with Gasteiger partial charge in [0.05, 0.1) is 6.54 Å². The zero-order valence-corrected chi connectivity index (χ0v) is 13.0. The van der Waals surface area contributed by atoms with Crippen molar-refractivity contribution in [2.45, 2.75) is 45.6 Å². The normalized spacial score (nSPS) is 14.6. The van der Waals surface area contributed by atoms with Crippen molar-refractivity contribution in [1.29, 1.82) is 0 Å². The Balaban J connectivity index is 2.20. The Labute approximate surface area is 127 Å². The number of hydrogen-bond donors (Lipinski definition) is 1. The number of nitrogens with zero attached hydrogens (tertiary/aromatic N) is 1. The molecule has 1 saturated carbocycles. The molecule has 112 valence electrons. The minimum atomic E-state index is 0.144. The van der Waals surface area contributed by atoms with Gasteiger partial charge < -0.3 is 10.6 Å². The average molecular weight is 284 g/mol. The van der Waals surface area contributed by atoms with E-state index in [4.69, 9.17) is 5.73 Å². The summed E-state index contributed by atoms with van der Waals surface area (Å²) in [5.74, 6) is 6.04. The van der Waals surface area contributed by atoms with E-state index in [9.17, 15) is 4.79 Å². The monoisotopic (exact) mass is 284 g/mol. The van der Waals surface area contributed by atoms with Crippen molar-refractivity contribution >= 4 is 5.91 Å². The van der Waals surface area contributed by atoms with Gasteiger partial charge in [-0.25, -0.2) is 0 Å². The number of benzene rings is 1. The molecular weight excluding hydrogens is 260 g/mol. The molecule has 1 amide bonds. The van der Waals surface area contributed by atoms with Crippen molar-refractivity contribution in [3.63, 3.8) is 0 Å². The van der Waals surface area contributed by atoms with Crippen LogP contribution in [0.3, 0.4) is 0 Å². The lowest BCUT2D eigenvalue weighted by molar-refractivity contribution is 0.0693. The smallest absolute Gasteiger partial charge is 0.254 e. The van der Waals surface area contributed by atoms with Crippen molar-refractivity contribution in [3.05, 3.63) is 34.9 Å². The molecule has 0 unspecified atom stereocenters. The predicted octanol–water partition coefficient (Wildman–Crippen LogP) is 2.71. The summed E-state index contributed by atoms with van der Waals surface area (Å²) in [6, 6.07) is 6.17. The lowest BCUT2D eigenvalue weighted by Crippen LogP contribution is -2.38. The molecule has 1 aromatic carbocycles. The molecule has 0 aliphatic heterocycles. The first-order valence-corrected chi connectivity index (χ1v) is 7.78. The van der Waals surface area contributed by atoms with E-state index in [0.29, 0.717) is 12.6 Å². The summed E-state index contributed by atoms with van der Waals surface area (Å²) in [5, 5.41) is 0. The Morgan fingerprint density at radius 3 is 2.67 bits per heavy atom. The van der Waals surface area contributed by atoms with Gasteiger partial charge in [0.1, 0.15) is 0 Å². The Morgan fingerprint density at radius 1 is 1.38 bits per heavy atom. The van der Waals surface area contributed by atoms with Crippen LogP contribution in [0.1, 0.15) is 54.1 Å². The molecule has 1 aliphatic carbocycles. The number of amides is 1. The van der Waals surface area contributed by atoms with Crippen LogP contribution in [-0.4, -0.2) is 29.9 Å². The van der Waals surface area contributed by atoms with Crippen LogP contribution in [0.5, 0.6) is 0 Å². The molecular formula is C18H24N2O. The molecule has 0 radical (unpaired) electrons. The molecule has 0 saturated heterocycles. The van der Waals surface area contributed by atoms with Gasteiger partial charge in [0.25, 0.3) is 5.91 Å². The highest BCUT2D eigenvalue weighted by molar-refractivity contribution is 5.94. The summed E-state index contributed by atoms with van der Waals surface area (Å²) >= 11 is 0.